The zero-order chi connectivity index (χ0) is 52.5. The lowest BCUT2D eigenvalue weighted by molar-refractivity contribution is -0.305. The molecular formula is C61H109NO10. The average Bonchev–Trinajstić information content (AvgIpc) is 3.38. The molecule has 8 atom stereocenters. The SMILES string of the molecule is CCCCC/C=C\C/C=C\C/C=C\CCCCCCCC(O)C(=O)NC(COC1OC(CO)C(O)C(O)C1OC(=O)CCCCC/C=C\CCCCCCCCC)C(O)/C=C/CCCCCCCCCCC. The molecule has 8 unspecified atom stereocenters. The Hall–Kier alpha value is -2.64. The molecule has 6 N–H and O–H groups in total. The van der Waals surface area contributed by atoms with Crippen molar-refractivity contribution in [1.29, 1.82) is 0 Å². The molecule has 0 aliphatic carbocycles. The quantitative estimate of drug-likeness (QED) is 0.0195. The largest absolute Gasteiger partial charge is 0.454 e. The summed E-state index contributed by atoms with van der Waals surface area (Å²) in [5, 5.41) is 56.8. The maximum absolute atomic E-state index is 13.4. The summed E-state index contributed by atoms with van der Waals surface area (Å²) in [4.78, 5) is 26.4. The minimum Gasteiger partial charge on any atom is -0.454 e. The van der Waals surface area contributed by atoms with Crippen LogP contribution in [-0.2, 0) is 23.8 Å². The van der Waals surface area contributed by atoms with Crippen LogP contribution in [0.25, 0.3) is 0 Å². The summed E-state index contributed by atoms with van der Waals surface area (Å²) in [6.45, 7) is 5.72. The Morgan fingerprint density at radius 2 is 0.958 bits per heavy atom. The van der Waals surface area contributed by atoms with E-state index >= 15 is 0 Å². The van der Waals surface area contributed by atoms with Gasteiger partial charge in [0.1, 0.15) is 24.4 Å². The fourth-order valence-electron chi connectivity index (χ4n) is 8.89. The van der Waals surface area contributed by atoms with Crippen molar-refractivity contribution in [2.75, 3.05) is 13.2 Å². The highest BCUT2D eigenvalue weighted by molar-refractivity contribution is 5.80. The van der Waals surface area contributed by atoms with Gasteiger partial charge in [-0.2, -0.15) is 0 Å². The van der Waals surface area contributed by atoms with Crippen molar-refractivity contribution in [3.05, 3.63) is 60.8 Å². The van der Waals surface area contributed by atoms with E-state index in [0.717, 1.165) is 89.9 Å². The van der Waals surface area contributed by atoms with Gasteiger partial charge in [0.05, 0.1) is 25.4 Å². The van der Waals surface area contributed by atoms with E-state index in [4.69, 9.17) is 14.2 Å². The van der Waals surface area contributed by atoms with Crippen LogP contribution in [0.1, 0.15) is 252 Å². The molecule has 0 saturated carbocycles. The molecule has 1 aliphatic heterocycles. The predicted octanol–water partition coefficient (Wildman–Crippen LogP) is 13.4. The molecular weight excluding hydrogens is 907 g/mol. The minimum atomic E-state index is -1.62. The van der Waals surface area contributed by atoms with Crippen molar-refractivity contribution < 1.29 is 49.3 Å². The normalized spacial score (nSPS) is 19.9. The first-order valence-corrected chi connectivity index (χ1v) is 29.6. The Morgan fingerprint density at radius 1 is 0.542 bits per heavy atom. The van der Waals surface area contributed by atoms with Gasteiger partial charge < -0.3 is 45.1 Å². The van der Waals surface area contributed by atoms with Crippen molar-refractivity contribution in [3.8, 4) is 0 Å². The molecule has 1 aliphatic rings. The van der Waals surface area contributed by atoms with Gasteiger partial charge in [0, 0.05) is 6.42 Å². The van der Waals surface area contributed by atoms with E-state index in [1.165, 1.54) is 116 Å². The molecule has 11 nitrogen and oxygen atoms in total. The van der Waals surface area contributed by atoms with E-state index in [9.17, 15) is 35.1 Å². The number of ether oxygens (including phenoxy) is 3. The van der Waals surface area contributed by atoms with Crippen molar-refractivity contribution in [2.45, 2.75) is 301 Å². The molecule has 0 bridgehead atoms. The van der Waals surface area contributed by atoms with Gasteiger partial charge in [0.15, 0.2) is 12.4 Å². The second kappa shape index (κ2) is 49.2. The summed E-state index contributed by atoms with van der Waals surface area (Å²) >= 11 is 0. The molecule has 0 aromatic carbocycles. The van der Waals surface area contributed by atoms with E-state index < -0.39 is 67.4 Å². The van der Waals surface area contributed by atoms with Crippen LogP contribution in [0.3, 0.4) is 0 Å². The van der Waals surface area contributed by atoms with Crippen LogP contribution in [0, 0.1) is 0 Å². The first-order valence-electron chi connectivity index (χ1n) is 29.6. The minimum absolute atomic E-state index is 0.101. The van der Waals surface area contributed by atoms with Crippen molar-refractivity contribution in [1.82, 2.24) is 5.32 Å². The van der Waals surface area contributed by atoms with Gasteiger partial charge in [-0.1, -0.05) is 216 Å². The van der Waals surface area contributed by atoms with E-state index in [2.05, 4.69) is 74.7 Å². The van der Waals surface area contributed by atoms with Crippen LogP contribution in [-0.4, -0.2) is 99.6 Å². The van der Waals surface area contributed by atoms with Gasteiger partial charge in [-0.15, -0.1) is 0 Å². The number of rotatable bonds is 49. The molecule has 418 valence electrons. The predicted molar refractivity (Wildman–Crippen MR) is 296 cm³/mol. The number of allylic oxidation sites excluding steroid dienone is 9. The van der Waals surface area contributed by atoms with Crippen molar-refractivity contribution in [3.63, 3.8) is 0 Å². The number of nitrogens with one attached hydrogen (secondary N) is 1. The summed E-state index contributed by atoms with van der Waals surface area (Å²) in [6.07, 6.45) is 49.7. The highest BCUT2D eigenvalue weighted by atomic mass is 16.7. The van der Waals surface area contributed by atoms with Crippen LogP contribution in [0.15, 0.2) is 60.8 Å². The van der Waals surface area contributed by atoms with Gasteiger partial charge >= 0.3 is 5.97 Å². The molecule has 1 saturated heterocycles. The van der Waals surface area contributed by atoms with Gasteiger partial charge in [0.2, 0.25) is 5.91 Å². The Balaban J connectivity index is 2.72. The van der Waals surface area contributed by atoms with Gasteiger partial charge in [-0.25, -0.2) is 0 Å². The lowest BCUT2D eigenvalue weighted by Gasteiger charge is -2.41. The summed E-state index contributed by atoms with van der Waals surface area (Å²) in [5.74, 6) is -1.22. The lowest BCUT2D eigenvalue weighted by atomic mass is 9.99. The molecule has 0 spiro atoms. The summed E-state index contributed by atoms with van der Waals surface area (Å²) in [7, 11) is 0. The maximum Gasteiger partial charge on any atom is 0.306 e. The number of carbonyl (C=O) groups excluding carboxylic acids is 2. The number of hydrogen-bond acceptors (Lipinski definition) is 10. The number of aliphatic hydroxyl groups excluding tert-OH is 5. The average molecular weight is 1020 g/mol. The molecule has 0 aromatic rings. The fraction of sp³-hybridized carbons (Fsp3) is 0.803. The van der Waals surface area contributed by atoms with Crippen molar-refractivity contribution >= 4 is 11.9 Å². The van der Waals surface area contributed by atoms with Crippen LogP contribution < -0.4 is 5.32 Å². The number of esters is 1. The molecule has 72 heavy (non-hydrogen) atoms. The van der Waals surface area contributed by atoms with Crippen LogP contribution in [0.2, 0.25) is 0 Å². The third-order valence-electron chi connectivity index (χ3n) is 13.6. The van der Waals surface area contributed by atoms with E-state index in [0.29, 0.717) is 12.8 Å². The number of aliphatic hydroxyl groups is 5. The Labute approximate surface area is 439 Å². The first kappa shape index (κ1) is 67.4. The second-order valence-corrected chi connectivity index (χ2v) is 20.4. The second-order valence-electron chi connectivity index (χ2n) is 20.4. The molecule has 1 rings (SSSR count). The lowest BCUT2D eigenvalue weighted by Crippen LogP contribution is -2.61. The summed E-state index contributed by atoms with van der Waals surface area (Å²) < 4.78 is 17.5. The maximum atomic E-state index is 13.4. The number of carbonyl (C=O) groups is 2. The summed E-state index contributed by atoms with van der Waals surface area (Å²) in [5.41, 5.74) is 0. The molecule has 0 aromatic heterocycles. The van der Waals surface area contributed by atoms with Gasteiger partial charge in [0.25, 0.3) is 0 Å². The zero-order valence-electron chi connectivity index (χ0n) is 46.0. The van der Waals surface area contributed by atoms with Crippen molar-refractivity contribution in [2.24, 2.45) is 0 Å². The Bertz CT molecular complexity index is 1400. The first-order chi connectivity index (χ1) is 35.2. The van der Waals surface area contributed by atoms with Crippen LogP contribution >= 0.6 is 0 Å². The standard InChI is InChI=1S/C61H109NO10/c1-4-7-10-13-16-19-22-24-26-27-28-29-30-33-36-39-42-45-48-54(65)60(69)62-52(53(64)47-44-41-38-35-32-21-18-15-12-9-6-3)51-70-61-59(58(68)57(67)55(50-63)71-61)72-56(66)49-46-43-40-37-34-31-25-23-20-17-14-11-8-5-2/h16,19,24,26,28-29,31,34,44,47,52-55,57-59,61,63-65,67-68H,4-15,17-18,20-23,25,27,30,32-33,35-43,45-46,48-51H2,1-3H3,(H,62,69)/b19-16-,26-24-,29-28-,34-31-,47-44+. The third kappa shape index (κ3) is 37.1. The molecule has 0 radical (unpaired) electrons. The van der Waals surface area contributed by atoms with E-state index in [-0.39, 0.29) is 19.4 Å². The van der Waals surface area contributed by atoms with E-state index in [1.54, 1.807) is 6.08 Å². The zero-order valence-corrected chi connectivity index (χ0v) is 46.0. The monoisotopic (exact) mass is 1020 g/mol. The molecule has 1 fully saturated rings. The molecule has 1 heterocycles. The fourth-order valence-corrected chi connectivity index (χ4v) is 8.89. The molecule has 1 amide bonds. The van der Waals surface area contributed by atoms with Crippen LogP contribution in [0.4, 0.5) is 0 Å². The highest BCUT2D eigenvalue weighted by Crippen LogP contribution is 2.26. The number of unbranched alkanes of at least 4 members (excludes halogenated alkanes) is 27. The van der Waals surface area contributed by atoms with Crippen LogP contribution in [0.5, 0.6) is 0 Å². The topological polar surface area (TPSA) is 175 Å². The third-order valence-corrected chi connectivity index (χ3v) is 13.6. The Kier molecular flexibility index (Phi) is 46.1. The highest BCUT2D eigenvalue weighted by Gasteiger charge is 2.47. The van der Waals surface area contributed by atoms with Gasteiger partial charge in [-0.3, -0.25) is 9.59 Å². The van der Waals surface area contributed by atoms with Gasteiger partial charge in [-0.05, 0) is 89.9 Å². The van der Waals surface area contributed by atoms with E-state index in [1.807, 2.05) is 6.08 Å². The Morgan fingerprint density at radius 3 is 1.47 bits per heavy atom. The smallest absolute Gasteiger partial charge is 0.306 e. The number of amides is 1. The number of hydrogen-bond donors (Lipinski definition) is 6. The summed E-state index contributed by atoms with van der Waals surface area (Å²) in [6, 6.07) is -1.03. The molecule has 11 heteroatoms.